The fourth-order valence-corrected chi connectivity index (χ4v) is 3.16. The largest absolute Gasteiger partial charge is 0.466 e. The zero-order valence-electron chi connectivity index (χ0n) is 13.2. The average Bonchev–Trinajstić information content (AvgIpc) is 2.50. The number of anilines is 1. The molecule has 1 saturated carbocycles. The van der Waals surface area contributed by atoms with E-state index in [-0.39, 0.29) is 11.9 Å². The van der Waals surface area contributed by atoms with E-state index in [4.69, 9.17) is 4.74 Å². The summed E-state index contributed by atoms with van der Waals surface area (Å²) in [6.45, 7) is 4.55. The SMILES string of the molecule is CCCc1ccccc1NC1CCCC(C(=O)OCC)C1. The minimum absolute atomic E-state index is 0.0224. The summed E-state index contributed by atoms with van der Waals surface area (Å²) < 4.78 is 5.18. The van der Waals surface area contributed by atoms with Crippen molar-refractivity contribution in [2.75, 3.05) is 11.9 Å². The Hall–Kier alpha value is -1.51. The van der Waals surface area contributed by atoms with Gasteiger partial charge in [0, 0.05) is 11.7 Å². The number of hydrogen-bond donors (Lipinski definition) is 1. The molecule has 1 aromatic carbocycles. The van der Waals surface area contributed by atoms with Crippen molar-refractivity contribution in [1.29, 1.82) is 0 Å². The van der Waals surface area contributed by atoms with Crippen molar-refractivity contribution in [3.63, 3.8) is 0 Å². The predicted molar refractivity (Wildman–Crippen MR) is 86.4 cm³/mol. The smallest absolute Gasteiger partial charge is 0.308 e. The summed E-state index contributed by atoms with van der Waals surface area (Å²) in [5.74, 6) is 0.0420. The molecule has 2 rings (SSSR count). The zero-order valence-corrected chi connectivity index (χ0v) is 13.2. The van der Waals surface area contributed by atoms with Gasteiger partial charge in [-0.15, -0.1) is 0 Å². The van der Waals surface area contributed by atoms with Gasteiger partial charge in [0.25, 0.3) is 0 Å². The minimum atomic E-state index is -0.0224. The number of aryl methyl sites for hydroxylation is 1. The lowest BCUT2D eigenvalue weighted by atomic mass is 9.85. The molecule has 0 radical (unpaired) electrons. The molecule has 0 aromatic heterocycles. The Kier molecular flexibility index (Phi) is 6.09. The normalized spacial score (nSPS) is 21.8. The molecule has 0 amide bonds. The number of ether oxygens (including phenoxy) is 1. The summed E-state index contributed by atoms with van der Waals surface area (Å²) in [5, 5.41) is 3.65. The van der Waals surface area contributed by atoms with Gasteiger partial charge in [0.1, 0.15) is 0 Å². The second kappa shape index (κ2) is 8.06. The Morgan fingerprint density at radius 2 is 2.10 bits per heavy atom. The topological polar surface area (TPSA) is 38.3 Å². The van der Waals surface area contributed by atoms with Crippen LogP contribution in [0.3, 0.4) is 0 Å². The summed E-state index contributed by atoms with van der Waals surface area (Å²) in [6, 6.07) is 8.90. The van der Waals surface area contributed by atoms with E-state index < -0.39 is 0 Å². The molecule has 2 unspecified atom stereocenters. The first-order chi connectivity index (χ1) is 10.2. The lowest BCUT2D eigenvalue weighted by Gasteiger charge is -2.29. The number of benzene rings is 1. The molecule has 116 valence electrons. The van der Waals surface area contributed by atoms with Crippen LogP contribution in [0.4, 0.5) is 5.69 Å². The average molecular weight is 289 g/mol. The van der Waals surface area contributed by atoms with Crippen molar-refractivity contribution >= 4 is 11.7 Å². The molecule has 1 aliphatic rings. The van der Waals surface area contributed by atoms with E-state index in [0.717, 1.165) is 38.5 Å². The van der Waals surface area contributed by atoms with Crippen LogP contribution in [0.5, 0.6) is 0 Å². The predicted octanol–water partition coefficient (Wildman–Crippen LogP) is 4.17. The highest BCUT2D eigenvalue weighted by molar-refractivity contribution is 5.72. The van der Waals surface area contributed by atoms with Crippen LogP contribution in [0.1, 0.15) is 51.5 Å². The van der Waals surface area contributed by atoms with Gasteiger partial charge in [-0.25, -0.2) is 0 Å². The quantitative estimate of drug-likeness (QED) is 0.799. The lowest BCUT2D eigenvalue weighted by molar-refractivity contribution is -0.149. The molecule has 1 aliphatic carbocycles. The van der Waals surface area contributed by atoms with Crippen LogP contribution in [0.25, 0.3) is 0 Å². The molecule has 0 heterocycles. The number of hydrogen-bond acceptors (Lipinski definition) is 3. The maximum absolute atomic E-state index is 11.9. The van der Waals surface area contributed by atoms with Crippen molar-refractivity contribution in [3.05, 3.63) is 29.8 Å². The number of para-hydroxylation sites is 1. The maximum Gasteiger partial charge on any atom is 0.308 e. The van der Waals surface area contributed by atoms with Crippen molar-refractivity contribution in [2.24, 2.45) is 5.92 Å². The maximum atomic E-state index is 11.9. The first-order valence-corrected chi connectivity index (χ1v) is 8.25. The van der Waals surface area contributed by atoms with Gasteiger partial charge < -0.3 is 10.1 Å². The standard InChI is InChI=1S/C18H27NO2/c1-3-8-14-9-5-6-12-17(14)19-16-11-7-10-15(13-16)18(20)21-4-2/h5-6,9,12,15-16,19H,3-4,7-8,10-11,13H2,1-2H3. The third-order valence-electron chi connectivity index (χ3n) is 4.19. The van der Waals surface area contributed by atoms with Crippen molar-refractivity contribution in [1.82, 2.24) is 0 Å². The van der Waals surface area contributed by atoms with E-state index in [1.165, 1.54) is 11.3 Å². The summed E-state index contributed by atoms with van der Waals surface area (Å²) >= 11 is 0. The molecule has 1 N–H and O–H groups in total. The van der Waals surface area contributed by atoms with Crippen molar-refractivity contribution in [2.45, 2.75) is 58.4 Å². The summed E-state index contributed by atoms with van der Waals surface area (Å²) in [5.41, 5.74) is 2.60. The second-order valence-electron chi connectivity index (χ2n) is 5.86. The number of esters is 1. The fraction of sp³-hybridized carbons (Fsp3) is 0.611. The highest BCUT2D eigenvalue weighted by atomic mass is 16.5. The third kappa shape index (κ3) is 4.48. The Labute approximate surface area is 128 Å². The summed E-state index contributed by atoms with van der Waals surface area (Å²) in [4.78, 5) is 11.9. The van der Waals surface area contributed by atoms with Crippen LogP contribution >= 0.6 is 0 Å². The van der Waals surface area contributed by atoms with E-state index in [2.05, 4.69) is 36.5 Å². The Bertz CT molecular complexity index is 458. The number of rotatable bonds is 6. The molecule has 0 spiro atoms. The van der Waals surface area contributed by atoms with Crippen LogP contribution in [0, 0.1) is 5.92 Å². The van der Waals surface area contributed by atoms with E-state index in [0.29, 0.717) is 12.6 Å². The summed E-state index contributed by atoms with van der Waals surface area (Å²) in [7, 11) is 0. The highest BCUT2D eigenvalue weighted by Crippen LogP contribution is 2.29. The van der Waals surface area contributed by atoms with E-state index >= 15 is 0 Å². The van der Waals surface area contributed by atoms with Gasteiger partial charge in [-0.05, 0) is 44.2 Å². The summed E-state index contributed by atoms with van der Waals surface area (Å²) in [6.07, 6.45) is 6.33. The molecule has 3 heteroatoms. The van der Waals surface area contributed by atoms with Crippen molar-refractivity contribution in [3.8, 4) is 0 Å². The molecule has 1 aromatic rings. The number of nitrogens with one attached hydrogen (secondary N) is 1. The zero-order chi connectivity index (χ0) is 15.1. The van der Waals surface area contributed by atoms with Gasteiger partial charge in [0.2, 0.25) is 0 Å². The van der Waals surface area contributed by atoms with Gasteiger partial charge in [-0.3, -0.25) is 4.79 Å². The van der Waals surface area contributed by atoms with Crippen LogP contribution < -0.4 is 5.32 Å². The van der Waals surface area contributed by atoms with E-state index in [9.17, 15) is 4.79 Å². The first-order valence-electron chi connectivity index (χ1n) is 8.25. The van der Waals surface area contributed by atoms with Crippen molar-refractivity contribution < 1.29 is 9.53 Å². The molecule has 1 fully saturated rings. The van der Waals surface area contributed by atoms with E-state index in [1.807, 2.05) is 6.92 Å². The third-order valence-corrected chi connectivity index (χ3v) is 4.19. The van der Waals surface area contributed by atoms with Crippen LogP contribution in [-0.4, -0.2) is 18.6 Å². The van der Waals surface area contributed by atoms with Crippen LogP contribution in [0.2, 0.25) is 0 Å². The molecular weight excluding hydrogens is 262 g/mol. The van der Waals surface area contributed by atoms with Gasteiger partial charge in [-0.2, -0.15) is 0 Å². The van der Waals surface area contributed by atoms with Crippen LogP contribution in [-0.2, 0) is 16.0 Å². The fourth-order valence-electron chi connectivity index (χ4n) is 3.16. The van der Waals surface area contributed by atoms with Crippen LogP contribution in [0.15, 0.2) is 24.3 Å². The number of carbonyl (C=O) groups excluding carboxylic acids is 1. The first kappa shape index (κ1) is 15.9. The highest BCUT2D eigenvalue weighted by Gasteiger charge is 2.28. The van der Waals surface area contributed by atoms with Gasteiger partial charge >= 0.3 is 5.97 Å². The Morgan fingerprint density at radius 3 is 2.86 bits per heavy atom. The molecule has 3 nitrogen and oxygen atoms in total. The van der Waals surface area contributed by atoms with Gasteiger partial charge in [0.05, 0.1) is 12.5 Å². The van der Waals surface area contributed by atoms with E-state index in [1.54, 1.807) is 0 Å². The van der Waals surface area contributed by atoms with Gasteiger partial charge in [-0.1, -0.05) is 38.0 Å². The second-order valence-corrected chi connectivity index (χ2v) is 5.86. The Morgan fingerprint density at radius 1 is 1.29 bits per heavy atom. The molecule has 0 saturated heterocycles. The number of carbonyl (C=O) groups is 1. The molecule has 2 atom stereocenters. The van der Waals surface area contributed by atoms with Gasteiger partial charge in [0.15, 0.2) is 0 Å². The molecule has 0 aliphatic heterocycles. The Balaban J connectivity index is 1.98. The monoisotopic (exact) mass is 289 g/mol. The minimum Gasteiger partial charge on any atom is -0.466 e. The molecular formula is C18H27NO2. The lowest BCUT2D eigenvalue weighted by Crippen LogP contribution is -2.32. The molecule has 0 bridgehead atoms. The molecule has 21 heavy (non-hydrogen) atoms.